The first-order valence-corrected chi connectivity index (χ1v) is 4.91. The van der Waals surface area contributed by atoms with Gasteiger partial charge in [-0.25, -0.2) is 10.3 Å². The number of carbonyl (C=O) groups is 1. The van der Waals surface area contributed by atoms with Gasteiger partial charge in [-0.15, -0.1) is 0 Å². The summed E-state index contributed by atoms with van der Waals surface area (Å²) in [5.74, 6) is 0. The van der Waals surface area contributed by atoms with Crippen LogP contribution >= 0.6 is 0 Å². The number of rotatable bonds is 4. The van der Waals surface area contributed by atoms with Crippen LogP contribution in [0.4, 0.5) is 4.79 Å². The molecule has 2 N–H and O–H groups in total. The minimum absolute atomic E-state index is 0.209. The van der Waals surface area contributed by atoms with Crippen molar-refractivity contribution < 1.29 is 14.7 Å². The van der Waals surface area contributed by atoms with E-state index in [1.165, 1.54) is 5.48 Å². The van der Waals surface area contributed by atoms with Gasteiger partial charge in [0, 0.05) is 6.42 Å². The van der Waals surface area contributed by atoms with Gasteiger partial charge in [-0.1, -0.05) is 37.3 Å². The topological polar surface area (TPSA) is 58.6 Å². The largest absolute Gasteiger partial charge is 0.444 e. The molecule has 1 aromatic carbocycles. The van der Waals surface area contributed by atoms with E-state index in [1.54, 1.807) is 0 Å². The van der Waals surface area contributed by atoms with Gasteiger partial charge in [0.1, 0.15) is 6.10 Å². The summed E-state index contributed by atoms with van der Waals surface area (Å²) in [5, 5.41) is 8.32. The van der Waals surface area contributed by atoms with E-state index in [1.807, 2.05) is 37.3 Å². The van der Waals surface area contributed by atoms with Crippen LogP contribution in [-0.4, -0.2) is 17.4 Å². The lowest BCUT2D eigenvalue weighted by molar-refractivity contribution is 0.0550. The predicted molar refractivity (Wildman–Crippen MR) is 55.6 cm³/mol. The molecule has 0 heterocycles. The summed E-state index contributed by atoms with van der Waals surface area (Å²) in [6.45, 7) is 1.93. The predicted octanol–water partition coefficient (Wildman–Crippen LogP) is 2.12. The maximum Gasteiger partial charge on any atom is 0.431 e. The smallest absolute Gasteiger partial charge is 0.431 e. The average Bonchev–Trinajstić information content (AvgIpc) is 2.29. The highest BCUT2D eigenvalue weighted by Crippen LogP contribution is 2.08. The number of hydrogen-bond acceptors (Lipinski definition) is 3. The third-order valence-corrected chi connectivity index (χ3v) is 2.13. The molecule has 0 aliphatic heterocycles. The molecule has 0 saturated heterocycles. The highest BCUT2D eigenvalue weighted by Gasteiger charge is 2.12. The minimum atomic E-state index is -0.808. The fourth-order valence-corrected chi connectivity index (χ4v) is 1.32. The Balaban J connectivity index is 2.50. The third kappa shape index (κ3) is 3.99. The molecule has 1 amide bonds. The van der Waals surface area contributed by atoms with E-state index >= 15 is 0 Å². The Kier molecular flexibility index (Phi) is 4.63. The molecular formula is C11H15NO3. The van der Waals surface area contributed by atoms with Crippen LogP contribution in [0.15, 0.2) is 30.3 Å². The Hall–Kier alpha value is -1.55. The Morgan fingerprint density at radius 2 is 2.13 bits per heavy atom. The molecule has 82 valence electrons. The average molecular weight is 209 g/mol. The number of hydrogen-bond donors (Lipinski definition) is 2. The first kappa shape index (κ1) is 11.5. The molecule has 15 heavy (non-hydrogen) atoms. The third-order valence-electron chi connectivity index (χ3n) is 2.13. The van der Waals surface area contributed by atoms with Crippen LogP contribution in [0.3, 0.4) is 0 Å². The molecule has 0 aliphatic rings. The van der Waals surface area contributed by atoms with Crippen LogP contribution in [0.5, 0.6) is 0 Å². The highest BCUT2D eigenvalue weighted by molar-refractivity contribution is 5.65. The lowest BCUT2D eigenvalue weighted by Gasteiger charge is -2.15. The van der Waals surface area contributed by atoms with Crippen molar-refractivity contribution in [3.8, 4) is 0 Å². The number of nitrogens with one attached hydrogen (secondary N) is 1. The molecule has 0 bridgehead atoms. The fraction of sp³-hybridized carbons (Fsp3) is 0.364. The van der Waals surface area contributed by atoms with E-state index in [9.17, 15) is 4.79 Å². The van der Waals surface area contributed by atoms with Crippen molar-refractivity contribution in [1.29, 1.82) is 0 Å². The quantitative estimate of drug-likeness (QED) is 0.590. The van der Waals surface area contributed by atoms with Crippen LogP contribution in [0.25, 0.3) is 0 Å². The van der Waals surface area contributed by atoms with Crippen LogP contribution in [0, 0.1) is 0 Å². The number of benzene rings is 1. The second-order valence-corrected chi connectivity index (χ2v) is 3.24. The standard InChI is InChI=1S/C11H15NO3/c1-2-10(15-11(13)12-14)8-9-6-4-3-5-7-9/h3-7,10,14H,2,8H2,1H3,(H,12,13). The molecule has 0 aromatic heterocycles. The van der Waals surface area contributed by atoms with Crippen LogP contribution in [0.1, 0.15) is 18.9 Å². The molecule has 0 fully saturated rings. The van der Waals surface area contributed by atoms with Gasteiger partial charge >= 0.3 is 6.09 Å². The molecule has 4 heteroatoms. The van der Waals surface area contributed by atoms with E-state index in [4.69, 9.17) is 9.94 Å². The zero-order valence-corrected chi connectivity index (χ0v) is 8.64. The van der Waals surface area contributed by atoms with Gasteiger partial charge in [-0.2, -0.15) is 0 Å². The zero-order valence-electron chi connectivity index (χ0n) is 8.64. The fourth-order valence-electron chi connectivity index (χ4n) is 1.32. The number of carbonyl (C=O) groups excluding carboxylic acids is 1. The van der Waals surface area contributed by atoms with Crippen molar-refractivity contribution in [3.63, 3.8) is 0 Å². The van der Waals surface area contributed by atoms with Gasteiger partial charge < -0.3 is 4.74 Å². The lowest BCUT2D eigenvalue weighted by Crippen LogP contribution is -2.27. The summed E-state index contributed by atoms with van der Waals surface area (Å²) in [6, 6.07) is 9.76. The molecule has 0 radical (unpaired) electrons. The molecule has 0 spiro atoms. The van der Waals surface area contributed by atoms with Crippen LogP contribution in [-0.2, 0) is 11.2 Å². The van der Waals surface area contributed by atoms with E-state index in [0.717, 1.165) is 5.56 Å². The number of ether oxygens (including phenoxy) is 1. The molecular weight excluding hydrogens is 194 g/mol. The molecule has 1 aromatic rings. The second kappa shape index (κ2) is 6.03. The second-order valence-electron chi connectivity index (χ2n) is 3.24. The van der Waals surface area contributed by atoms with Gasteiger partial charge in [0.05, 0.1) is 0 Å². The van der Waals surface area contributed by atoms with Crippen molar-refractivity contribution in [2.75, 3.05) is 0 Å². The van der Waals surface area contributed by atoms with Crippen molar-refractivity contribution in [3.05, 3.63) is 35.9 Å². The van der Waals surface area contributed by atoms with Crippen molar-refractivity contribution >= 4 is 6.09 Å². The number of amides is 1. The normalized spacial score (nSPS) is 11.9. The van der Waals surface area contributed by atoms with E-state index < -0.39 is 6.09 Å². The molecule has 4 nitrogen and oxygen atoms in total. The summed E-state index contributed by atoms with van der Waals surface area (Å²) >= 11 is 0. The van der Waals surface area contributed by atoms with E-state index in [2.05, 4.69) is 0 Å². The Bertz CT molecular complexity index is 300. The van der Waals surface area contributed by atoms with Crippen LogP contribution in [0.2, 0.25) is 0 Å². The molecule has 0 aliphatic carbocycles. The Morgan fingerprint density at radius 3 is 2.67 bits per heavy atom. The molecule has 0 saturated carbocycles. The molecule has 1 rings (SSSR count). The van der Waals surface area contributed by atoms with Crippen molar-refractivity contribution in [2.45, 2.75) is 25.9 Å². The zero-order chi connectivity index (χ0) is 11.1. The number of hydroxylamine groups is 1. The van der Waals surface area contributed by atoms with Crippen molar-refractivity contribution in [2.24, 2.45) is 0 Å². The maximum atomic E-state index is 10.8. The Morgan fingerprint density at radius 1 is 1.47 bits per heavy atom. The van der Waals surface area contributed by atoms with Gasteiger partial charge in [-0.05, 0) is 12.0 Å². The van der Waals surface area contributed by atoms with Gasteiger partial charge in [0.2, 0.25) is 0 Å². The van der Waals surface area contributed by atoms with Gasteiger partial charge in [0.15, 0.2) is 0 Å². The summed E-state index contributed by atoms with van der Waals surface area (Å²) < 4.78 is 4.95. The summed E-state index contributed by atoms with van der Waals surface area (Å²) in [5.41, 5.74) is 2.56. The lowest BCUT2D eigenvalue weighted by atomic mass is 10.1. The van der Waals surface area contributed by atoms with Crippen LogP contribution < -0.4 is 5.48 Å². The first-order chi connectivity index (χ1) is 7.26. The minimum Gasteiger partial charge on any atom is -0.444 e. The highest BCUT2D eigenvalue weighted by atomic mass is 16.6. The first-order valence-electron chi connectivity index (χ1n) is 4.91. The molecule has 1 unspecified atom stereocenters. The summed E-state index contributed by atoms with van der Waals surface area (Å²) in [7, 11) is 0. The van der Waals surface area contributed by atoms with E-state index in [-0.39, 0.29) is 6.10 Å². The SMILES string of the molecule is CCC(Cc1ccccc1)OC(=O)NO. The van der Waals surface area contributed by atoms with Crippen molar-refractivity contribution in [1.82, 2.24) is 5.48 Å². The summed E-state index contributed by atoms with van der Waals surface area (Å²) in [4.78, 5) is 10.8. The monoisotopic (exact) mass is 209 g/mol. The maximum absolute atomic E-state index is 10.8. The molecule has 1 atom stereocenters. The Labute approximate surface area is 88.8 Å². The van der Waals surface area contributed by atoms with Gasteiger partial charge in [-0.3, -0.25) is 5.21 Å². The van der Waals surface area contributed by atoms with Gasteiger partial charge in [0.25, 0.3) is 0 Å². The van der Waals surface area contributed by atoms with E-state index in [0.29, 0.717) is 12.8 Å². The summed E-state index contributed by atoms with van der Waals surface area (Å²) in [6.07, 6.45) is 0.352.